The minimum Gasteiger partial charge on any atom is -0.334 e. The Morgan fingerprint density at radius 3 is 2.22 bits per heavy atom. The Hall–Kier alpha value is -2.98. The van der Waals surface area contributed by atoms with Gasteiger partial charge < -0.3 is 4.90 Å². The van der Waals surface area contributed by atoms with Gasteiger partial charge >= 0.3 is 0 Å². The molecule has 0 unspecified atom stereocenters. The van der Waals surface area contributed by atoms with E-state index in [9.17, 15) is 9.18 Å². The van der Waals surface area contributed by atoms with Crippen molar-refractivity contribution in [1.29, 1.82) is 0 Å². The van der Waals surface area contributed by atoms with Crippen molar-refractivity contribution in [2.45, 2.75) is 45.3 Å². The van der Waals surface area contributed by atoms with Crippen molar-refractivity contribution >= 4 is 5.91 Å². The van der Waals surface area contributed by atoms with Gasteiger partial charge in [0.25, 0.3) is 0 Å². The Labute approximate surface area is 190 Å². The first-order valence-corrected chi connectivity index (χ1v) is 11.4. The first-order valence-electron chi connectivity index (χ1n) is 11.4. The van der Waals surface area contributed by atoms with E-state index in [2.05, 4.69) is 41.3 Å². The van der Waals surface area contributed by atoms with Gasteiger partial charge in [0.15, 0.2) is 0 Å². The molecule has 1 aliphatic heterocycles. The summed E-state index contributed by atoms with van der Waals surface area (Å²) in [7, 11) is 0. The number of benzene rings is 3. The lowest BCUT2D eigenvalue weighted by molar-refractivity contribution is -0.130. The monoisotopic (exact) mass is 430 g/mol. The van der Waals surface area contributed by atoms with Gasteiger partial charge in [0.2, 0.25) is 5.91 Å². The van der Waals surface area contributed by atoms with Crippen LogP contribution in [0.3, 0.4) is 0 Å². The predicted octanol–water partition coefficient (Wildman–Crippen LogP) is 5.75. The van der Waals surface area contributed by atoms with Gasteiger partial charge in [-0.2, -0.15) is 0 Å². The van der Waals surface area contributed by atoms with Crippen molar-refractivity contribution < 1.29 is 9.18 Å². The molecule has 4 heteroatoms. The van der Waals surface area contributed by atoms with E-state index in [0.717, 1.165) is 43.6 Å². The lowest BCUT2D eigenvalue weighted by atomic mass is 9.86. The molecule has 166 valence electrons. The summed E-state index contributed by atoms with van der Waals surface area (Å²) in [5.74, 6) is 0.412. The van der Waals surface area contributed by atoms with Crippen LogP contribution < -0.4 is 0 Å². The Morgan fingerprint density at radius 2 is 1.53 bits per heavy atom. The first-order chi connectivity index (χ1) is 15.6. The zero-order valence-corrected chi connectivity index (χ0v) is 18.7. The standard InChI is InChI=1S/C28H31FN2O/c1-22(32)31(20-23-7-3-2-4-8-23)21-26-9-5-6-10-28(26)25-15-17-30(18-16-25)19-24-11-13-27(29)14-12-24/h2-14,25H,15-21H2,1H3. The number of carbonyl (C=O) groups is 1. The molecular formula is C28H31FN2O. The van der Waals surface area contributed by atoms with E-state index in [-0.39, 0.29) is 11.7 Å². The molecule has 0 saturated carbocycles. The van der Waals surface area contributed by atoms with Gasteiger partial charge in [-0.05, 0) is 66.2 Å². The molecule has 4 rings (SSSR count). The molecule has 1 amide bonds. The van der Waals surface area contributed by atoms with Crippen molar-refractivity contribution in [3.63, 3.8) is 0 Å². The van der Waals surface area contributed by atoms with Gasteiger partial charge in [0.05, 0.1) is 0 Å². The number of hydrogen-bond acceptors (Lipinski definition) is 2. The van der Waals surface area contributed by atoms with Crippen molar-refractivity contribution in [2.24, 2.45) is 0 Å². The van der Waals surface area contributed by atoms with Crippen molar-refractivity contribution in [3.8, 4) is 0 Å². The van der Waals surface area contributed by atoms with Crippen LogP contribution in [0.5, 0.6) is 0 Å². The third kappa shape index (κ3) is 5.83. The Kier molecular flexibility index (Phi) is 7.33. The molecule has 1 fully saturated rings. The second kappa shape index (κ2) is 10.6. The SMILES string of the molecule is CC(=O)N(Cc1ccccc1)Cc1ccccc1C1CCN(Cc2ccc(F)cc2)CC1. The van der Waals surface area contributed by atoms with E-state index in [0.29, 0.717) is 19.0 Å². The average Bonchev–Trinajstić information content (AvgIpc) is 2.82. The zero-order chi connectivity index (χ0) is 22.3. The quantitative estimate of drug-likeness (QED) is 0.476. The van der Waals surface area contributed by atoms with Gasteiger partial charge in [0, 0.05) is 26.6 Å². The number of amides is 1. The van der Waals surface area contributed by atoms with E-state index < -0.39 is 0 Å². The van der Waals surface area contributed by atoms with Gasteiger partial charge in [0.1, 0.15) is 5.82 Å². The number of piperidine rings is 1. The molecule has 0 spiro atoms. The minimum atomic E-state index is -0.184. The fourth-order valence-corrected chi connectivity index (χ4v) is 4.61. The summed E-state index contributed by atoms with van der Waals surface area (Å²) in [5.41, 5.74) is 4.92. The molecule has 3 nitrogen and oxygen atoms in total. The van der Waals surface area contributed by atoms with Crippen molar-refractivity contribution in [2.75, 3.05) is 13.1 Å². The molecule has 0 radical (unpaired) electrons. The second-order valence-corrected chi connectivity index (χ2v) is 8.74. The van der Waals surface area contributed by atoms with Crippen LogP contribution in [-0.4, -0.2) is 28.8 Å². The van der Waals surface area contributed by atoms with E-state index in [1.54, 1.807) is 6.92 Å². The highest BCUT2D eigenvalue weighted by Gasteiger charge is 2.23. The molecule has 0 aliphatic carbocycles. The molecule has 1 saturated heterocycles. The predicted molar refractivity (Wildman–Crippen MR) is 126 cm³/mol. The van der Waals surface area contributed by atoms with Crippen LogP contribution in [0, 0.1) is 5.82 Å². The fraction of sp³-hybridized carbons (Fsp3) is 0.321. The highest BCUT2D eigenvalue weighted by Crippen LogP contribution is 2.31. The maximum absolute atomic E-state index is 13.2. The highest BCUT2D eigenvalue weighted by atomic mass is 19.1. The minimum absolute atomic E-state index is 0.0952. The topological polar surface area (TPSA) is 23.6 Å². The largest absolute Gasteiger partial charge is 0.334 e. The second-order valence-electron chi connectivity index (χ2n) is 8.74. The molecule has 1 aliphatic rings. The maximum atomic E-state index is 13.2. The lowest BCUT2D eigenvalue weighted by Gasteiger charge is -2.33. The number of carbonyl (C=O) groups excluding carboxylic acids is 1. The van der Waals surface area contributed by atoms with Crippen LogP contribution in [-0.2, 0) is 24.4 Å². The molecular weight excluding hydrogens is 399 g/mol. The van der Waals surface area contributed by atoms with E-state index >= 15 is 0 Å². The normalized spacial score (nSPS) is 14.9. The zero-order valence-electron chi connectivity index (χ0n) is 18.7. The number of hydrogen-bond donors (Lipinski definition) is 0. The number of rotatable bonds is 7. The third-order valence-corrected chi connectivity index (χ3v) is 6.42. The molecule has 1 heterocycles. The molecule has 0 N–H and O–H groups in total. The lowest BCUT2D eigenvalue weighted by Crippen LogP contribution is -2.33. The third-order valence-electron chi connectivity index (χ3n) is 6.42. The Bertz CT molecular complexity index is 1010. The summed E-state index contributed by atoms with van der Waals surface area (Å²) in [6.07, 6.45) is 2.19. The summed E-state index contributed by atoms with van der Waals surface area (Å²) in [4.78, 5) is 16.8. The number of nitrogens with zero attached hydrogens (tertiary/aromatic N) is 2. The summed E-state index contributed by atoms with van der Waals surface area (Å²) >= 11 is 0. The molecule has 32 heavy (non-hydrogen) atoms. The fourth-order valence-electron chi connectivity index (χ4n) is 4.61. The van der Waals surface area contributed by atoms with Crippen LogP contribution in [0.4, 0.5) is 4.39 Å². The summed E-state index contributed by atoms with van der Waals surface area (Å²) < 4.78 is 13.2. The molecule has 0 bridgehead atoms. The number of likely N-dealkylation sites (tertiary alicyclic amines) is 1. The van der Waals surface area contributed by atoms with Crippen molar-refractivity contribution in [1.82, 2.24) is 9.80 Å². The molecule has 3 aromatic carbocycles. The average molecular weight is 431 g/mol. The summed E-state index contributed by atoms with van der Waals surface area (Å²) in [6.45, 7) is 5.83. The Morgan fingerprint density at radius 1 is 0.875 bits per heavy atom. The van der Waals surface area contributed by atoms with Gasteiger partial charge in [-0.3, -0.25) is 9.69 Å². The van der Waals surface area contributed by atoms with E-state index in [4.69, 9.17) is 0 Å². The van der Waals surface area contributed by atoms with Crippen LogP contribution in [0.15, 0.2) is 78.9 Å². The van der Waals surface area contributed by atoms with Crippen LogP contribution in [0.1, 0.15) is 47.9 Å². The van der Waals surface area contributed by atoms with Gasteiger partial charge in [-0.1, -0.05) is 66.7 Å². The van der Waals surface area contributed by atoms with Gasteiger partial charge in [-0.25, -0.2) is 4.39 Å². The number of halogens is 1. The Balaban J connectivity index is 1.40. The van der Waals surface area contributed by atoms with E-state index in [1.165, 1.54) is 23.3 Å². The highest BCUT2D eigenvalue weighted by molar-refractivity contribution is 5.73. The van der Waals surface area contributed by atoms with Crippen LogP contribution >= 0.6 is 0 Å². The summed E-state index contributed by atoms with van der Waals surface area (Å²) in [5, 5.41) is 0. The van der Waals surface area contributed by atoms with Gasteiger partial charge in [-0.15, -0.1) is 0 Å². The van der Waals surface area contributed by atoms with Crippen LogP contribution in [0.25, 0.3) is 0 Å². The molecule has 0 aromatic heterocycles. The summed E-state index contributed by atoms with van der Waals surface area (Å²) in [6, 6.07) is 25.6. The smallest absolute Gasteiger partial charge is 0.220 e. The molecule has 3 aromatic rings. The van der Waals surface area contributed by atoms with Crippen molar-refractivity contribution in [3.05, 3.63) is 107 Å². The van der Waals surface area contributed by atoms with E-state index in [1.807, 2.05) is 35.2 Å². The maximum Gasteiger partial charge on any atom is 0.220 e. The molecule has 0 atom stereocenters. The first kappa shape index (κ1) is 22.2. The van der Waals surface area contributed by atoms with Crippen LogP contribution in [0.2, 0.25) is 0 Å².